The van der Waals surface area contributed by atoms with Gasteiger partial charge in [0.1, 0.15) is 0 Å². The average Bonchev–Trinajstić information content (AvgIpc) is 2.44. The second-order valence-electron chi connectivity index (χ2n) is 6.64. The van der Waals surface area contributed by atoms with Crippen LogP contribution in [0.4, 0.5) is 0 Å². The lowest BCUT2D eigenvalue weighted by atomic mass is 9.85. The van der Waals surface area contributed by atoms with Crippen LogP contribution in [0.15, 0.2) is 0 Å². The number of nitrogens with one attached hydrogen (secondary N) is 1. The Balaban J connectivity index is 1.56. The summed E-state index contributed by atoms with van der Waals surface area (Å²) in [6.07, 6.45) is 13.3. The molecule has 2 aliphatic rings. The Morgan fingerprint density at radius 1 is 1.00 bits per heavy atom. The molecule has 2 aliphatic carbocycles. The van der Waals surface area contributed by atoms with Crippen LogP contribution in [-0.4, -0.2) is 18.5 Å². The zero-order valence-corrected chi connectivity index (χ0v) is 12.2. The third kappa shape index (κ3) is 5.52. The molecule has 110 valence electrons. The summed E-state index contributed by atoms with van der Waals surface area (Å²) in [5.74, 6) is 1.68. The smallest absolute Gasteiger partial charge is 0.220 e. The van der Waals surface area contributed by atoms with Crippen molar-refractivity contribution in [3.8, 4) is 0 Å². The fourth-order valence-corrected chi connectivity index (χ4v) is 3.68. The summed E-state index contributed by atoms with van der Waals surface area (Å²) in [5.41, 5.74) is 5.97. The molecule has 2 rings (SSSR count). The first-order valence-electron chi connectivity index (χ1n) is 8.26. The minimum Gasteiger partial charge on any atom is -0.356 e. The largest absolute Gasteiger partial charge is 0.356 e. The van der Waals surface area contributed by atoms with Crippen molar-refractivity contribution in [1.82, 2.24) is 5.32 Å². The van der Waals surface area contributed by atoms with Crippen LogP contribution >= 0.6 is 0 Å². The highest BCUT2D eigenvalue weighted by Gasteiger charge is 2.20. The van der Waals surface area contributed by atoms with E-state index in [9.17, 15) is 4.79 Å². The van der Waals surface area contributed by atoms with Gasteiger partial charge in [0.15, 0.2) is 0 Å². The standard InChI is InChI=1S/C16H30N2O/c17-15-8-4-7-14(11-15)12-18-16(19)10-9-13-5-2-1-3-6-13/h13-15H,1-12,17H2,(H,18,19). The lowest BCUT2D eigenvalue weighted by Crippen LogP contribution is -2.35. The first-order chi connectivity index (χ1) is 9.24. The van der Waals surface area contributed by atoms with Gasteiger partial charge in [-0.2, -0.15) is 0 Å². The van der Waals surface area contributed by atoms with E-state index < -0.39 is 0 Å². The van der Waals surface area contributed by atoms with Gasteiger partial charge in [0, 0.05) is 19.0 Å². The Morgan fingerprint density at radius 3 is 2.47 bits per heavy atom. The summed E-state index contributed by atoms with van der Waals surface area (Å²) < 4.78 is 0. The molecule has 0 aromatic rings. The van der Waals surface area contributed by atoms with Crippen molar-refractivity contribution >= 4 is 5.91 Å². The van der Waals surface area contributed by atoms with Crippen molar-refractivity contribution in [3.05, 3.63) is 0 Å². The minimum absolute atomic E-state index is 0.254. The molecule has 0 aromatic heterocycles. The first-order valence-corrected chi connectivity index (χ1v) is 8.26. The third-order valence-electron chi connectivity index (χ3n) is 4.92. The van der Waals surface area contributed by atoms with Crippen molar-refractivity contribution in [2.45, 2.75) is 76.7 Å². The maximum atomic E-state index is 11.9. The van der Waals surface area contributed by atoms with Gasteiger partial charge in [-0.05, 0) is 37.5 Å². The van der Waals surface area contributed by atoms with E-state index in [-0.39, 0.29) is 5.91 Å². The summed E-state index contributed by atoms with van der Waals surface area (Å²) in [4.78, 5) is 11.9. The van der Waals surface area contributed by atoms with Crippen molar-refractivity contribution < 1.29 is 4.79 Å². The van der Waals surface area contributed by atoms with Gasteiger partial charge < -0.3 is 11.1 Å². The van der Waals surface area contributed by atoms with Gasteiger partial charge in [-0.25, -0.2) is 0 Å². The molecule has 19 heavy (non-hydrogen) atoms. The molecule has 2 atom stereocenters. The Bertz CT molecular complexity index is 274. The summed E-state index contributed by atoms with van der Waals surface area (Å²) in [6.45, 7) is 0.844. The molecule has 0 aliphatic heterocycles. The third-order valence-corrected chi connectivity index (χ3v) is 4.92. The molecule has 0 aromatic carbocycles. The summed E-state index contributed by atoms with van der Waals surface area (Å²) >= 11 is 0. The monoisotopic (exact) mass is 266 g/mol. The van der Waals surface area contributed by atoms with Crippen LogP contribution in [0, 0.1) is 11.8 Å². The zero-order chi connectivity index (χ0) is 13.5. The van der Waals surface area contributed by atoms with E-state index in [2.05, 4.69) is 5.32 Å². The van der Waals surface area contributed by atoms with Crippen molar-refractivity contribution in [2.75, 3.05) is 6.54 Å². The highest BCUT2D eigenvalue weighted by Crippen LogP contribution is 2.27. The van der Waals surface area contributed by atoms with Crippen LogP contribution in [0.3, 0.4) is 0 Å². The van der Waals surface area contributed by atoms with Crippen LogP contribution in [0.2, 0.25) is 0 Å². The van der Waals surface area contributed by atoms with E-state index in [1.165, 1.54) is 44.9 Å². The first kappa shape index (κ1) is 14.8. The molecule has 3 nitrogen and oxygen atoms in total. The average molecular weight is 266 g/mol. The number of amides is 1. The fraction of sp³-hybridized carbons (Fsp3) is 0.938. The molecular weight excluding hydrogens is 236 g/mol. The number of carbonyl (C=O) groups is 1. The van der Waals surface area contributed by atoms with Crippen LogP contribution in [0.25, 0.3) is 0 Å². The molecule has 0 radical (unpaired) electrons. The topological polar surface area (TPSA) is 55.1 Å². The molecule has 2 fully saturated rings. The van der Waals surface area contributed by atoms with Gasteiger partial charge in [0.25, 0.3) is 0 Å². The van der Waals surface area contributed by atoms with E-state index in [0.717, 1.165) is 38.1 Å². The van der Waals surface area contributed by atoms with Gasteiger partial charge in [-0.3, -0.25) is 4.79 Å². The van der Waals surface area contributed by atoms with Gasteiger partial charge in [0.05, 0.1) is 0 Å². The molecule has 3 N–H and O–H groups in total. The number of hydrogen-bond donors (Lipinski definition) is 2. The molecule has 1 amide bonds. The predicted octanol–water partition coefficient (Wildman–Crippen LogP) is 2.98. The lowest BCUT2D eigenvalue weighted by molar-refractivity contribution is -0.121. The molecule has 0 heterocycles. The quantitative estimate of drug-likeness (QED) is 0.803. The Kier molecular flexibility index (Phi) is 6.15. The summed E-state index contributed by atoms with van der Waals surface area (Å²) in [6, 6.07) is 0.359. The second kappa shape index (κ2) is 7.88. The van der Waals surface area contributed by atoms with Crippen molar-refractivity contribution in [3.63, 3.8) is 0 Å². The van der Waals surface area contributed by atoms with Crippen LogP contribution < -0.4 is 11.1 Å². The number of rotatable bonds is 5. The lowest BCUT2D eigenvalue weighted by Gasteiger charge is -2.26. The Hall–Kier alpha value is -0.570. The molecule has 0 spiro atoms. The molecule has 3 heteroatoms. The van der Waals surface area contributed by atoms with E-state index in [4.69, 9.17) is 5.73 Å². The molecule has 0 bridgehead atoms. The van der Waals surface area contributed by atoms with Crippen LogP contribution in [0.1, 0.15) is 70.6 Å². The predicted molar refractivity (Wildman–Crippen MR) is 78.8 cm³/mol. The fourth-order valence-electron chi connectivity index (χ4n) is 3.68. The van der Waals surface area contributed by atoms with Crippen LogP contribution in [-0.2, 0) is 4.79 Å². The number of carbonyl (C=O) groups excluding carboxylic acids is 1. The van der Waals surface area contributed by atoms with E-state index in [1.54, 1.807) is 0 Å². The molecule has 2 saturated carbocycles. The minimum atomic E-state index is 0.254. The highest BCUT2D eigenvalue weighted by molar-refractivity contribution is 5.75. The van der Waals surface area contributed by atoms with E-state index in [1.807, 2.05) is 0 Å². The van der Waals surface area contributed by atoms with Crippen molar-refractivity contribution in [1.29, 1.82) is 0 Å². The summed E-state index contributed by atoms with van der Waals surface area (Å²) in [7, 11) is 0. The maximum Gasteiger partial charge on any atom is 0.220 e. The SMILES string of the molecule is NC1CCCC(CNC(=O)CCC2CCCCC2)C1. The van der Waals surface area contributed by atoms with E-state index >= 15 is 0 Å². The Labute approximate surface area is 117 Å². The number of hydrogen-bond acceptors (Lipinski definition) is 2. The molecule has 2 unspecified atom stereocenters. The van der Waals surface area contributed by atoms with Gasteiger partial charge in [-0.1, -0.05) is 38.5 Å². The highest BCUT2D eigenvalue weighted by atomic mass is 16.1. The van der Waals surface area contributed by atoms with Crippen LogP contribution in [0.5, 0.6) is 0 Å². The Morgan fingerprint density at radius 2 is 1.74 bits per heavy atom. The van der Waals surface area contributed by atoms with E-state index in [0.29, 0.717) is 12.0 Å². The molecular formula is C16H30N2O. The maximum absolute atomic E-state index is 11.9. The molecule has 0 saturated heterocycles. The zero-order valence-electron chi connectivity index (χ0n) is 12.2. The summed E-state index contributed by atoms with van der Waals surface area (Å²) in [5, 5.41) is 3.12. The second-order valence-corrected chi connectivity index (χ2v) is 6.64. The van der Waals surface area contributed by atoms with Gasteiger partial charge in [-0.15, -0.1) is 0 Å². The van der Waals surface area contributed by atoms with Gasteiger partial charge >= 0.3 is 0 Å². The van der Waals surface area contributed by atoms with Gasteiger partial charge in [0.2, 0.25) is 5.91 Å². The number of nitrogens with two attached hydrogens (primary N) is 1. The normalized spacial score (nSPS) is 29.1. The van der Waals surface area contributed by atoms with Crippen molar-refractivity contribution in [2.24, 2.45) is 17.6 Å².